The number of amidine groups is 1. The van der Waals surface area contributed by atoms with Gasteiger partial charge in [-0.1, -0.05) is 60.7 Å². The van der Waals surface area contributed by atoms with Gasteiger partial charge < -0.3 is 4.74 Å². The van der Waals surface area contributed by atoms with Crippen LogP contribution in [0.4, 0.5) is 0 Å². The van der Waals surface area contributed by atoms with Crippen molar-refractivity contribution < 1.29 is 9.53 Å². The summed E-state index contributed by atoms with van der Waals surface area (Å²) in [5.74, 6) is 0.582. The molecular formula is C18H19N3O2. The molecule has 23 heavy (non-hydrogen) atoms. The fourth-order valence-corrected chi connectivity index (χ4v) is 2.35. The second kappa shape index (κ2) is 7.07. The van der Waals surface area contributed by atoms with Gasteiger partial charge in [-0.15, -0.1) is 0 Å². The van der Waals surface area contributed by atoms with Crippen molar-refractivity contribution in [1.29, 1.82) is 0 Å². The third kappa shape index (κ3) is 3.76. The second-order valence-electron chi connectivity index (χ2n) is 5.36. The van der Waals surface area contributed by atoms with Gasteiger partial charge in [0.1, 0.15) is 18.6 Å². The molecule has 0 saturated heterocycles. The number of rotatable bonds is 5. The Morgan fingerprint density at radius 3 is 2.43 bits per heavy atom. The molecule has 2 aromatic rings. The predicted octanol–water partition coefficient (Wildman–Crippen LogP) is 2.34. The molecule has 118 valence electrons. The first-order valence-electron chi connectivity index (χ1n) is 7.57. The fourth-order valence-electron chi connectivity index (χ4n) is 2.35. The quantitative estimate of drug-likeness (QED) is 0.922. The smallest absolute Gasteiger partial charge is 0.267 e. The minimum Gasteiger partial charge on any atom is -0.355 e. The van der Waals surface area contributed by atoms with Crippen LogP contribution in [0.5, 0.6) is 0 Å². The number of benzene rings is 2. The highest BCUT2D eigenvalue weighted by Gasteiger charge is 2.27. The number of aliphatic imine (C=N–C) groups is 1. The first kappa shape index (κ1) is 15.2. The lowest BCUT2D eigenvalue weighted by Gasteiger charge is -2.30. The summed E-state index contributed by atoms with van der Waals surface area (Å²) in [6.45, 7) is 2.42. The van der Waals surface area contributed by atoms with Crippen molar-refractivity contribution in [2.75, 3.05) is 6.73 Å². The molecule has 1 atom stereocenters. The van der Waals surface area contributed by atoms with E-state index < -0.39 is 6.04 Å². The number of carbonyl (C=O) groups excluding carboxylic acids is 1. The molecule has 0 bridgehead atoms. The summed E-state index contributed by atoms with van der Waals surface area (Å²) in [5, 5.41) is 1.48. The Bertz CT molecular complexity index is 686. The molecule has 1 amide bonds. The highest BCUT2D eigenvalue weighted by molar-refractivity contribution is 6.03. The number of hydrogen-bond donors (Lipinski definition) is 1. The summed E-state index contributed by atoms with van der Waals surface area (Å²) in [5.41, 5.74) is 5.06. The number of ether oxygens (including phenoxy) is 1. The lowest BCUT2D eigenvalue weighted by atomic mass is 10.2. The van der Waals surface area contributed by atoms with E-state index in [0.29, 0.717) is 12.4 Å². The number of amides is 1. The first-order chi connectivity index (χ1) is 11.2. The first-order valence-corrected chi connectivity index (χ1v) is 7.57. The SMILES string of the molecule is C[C@@H]1N=C(c2ccccc2)NN(COCc2ccccc2)C1=O. The van der Waals surface area contributed by atoms with Crippen molar-refractivity contribution >= 4 is 11.7 Å². The molecule has 2 aromatic carbocycles. The average Bonchev–Trinajstić information content (AvgIpc) is 2.60. The van der Waals surface area contributed by atoms with Crippen LogP contribution in [0.1, 0.15) is 18.1 Å². The molecule has 0 saturated carbocycles. The van der Waals surface area contributed by atoms with E-state index in [1.807, 2.05) is 60.7 Å². The van der Waals surface area contributed by atoms with E-state index in [1.165, 1.54) is 5.01 Å². The van der Waals surface area contributed by atoms with Crippen molar-refractivity contribution in [3.8, 4) is 0 Å². The Morgan fingerprint density at radius 1 is 1.09 bits per heavy atom. The van der Waals surface area contributed by atoms with Crippen LogP contribution in [0.15, 0.2) is 65.7 Å². The van der Waals surface area contributed by atoms with Crippen molar-refractivity contribution in [2.24, 2.45) is 4.99 Å². The molecule has 0 aromatic heterocycles. The normalized spacial score (nSPS) is 17.6. The van der Waals surface area contributed by atoms with Gasteiger partial charge in [-0.2, -0.15) is 0 Å². The zero-order valence-electron chi connectivity index (χ0n) is 13.0. The maximum Gasteiger partial charge on any atom is 0.267 e. The van der Waals surface area contributed by atoms with E-state index in [0.717, 1.165) is 11.1 Å². The van der Waals surface area contributed by atoms with E-state index in [2.05, 4.69) is 10.4 Å². The minimum absolute atomic E-state index is 0.0993. The monoisotopic (exact) mass is 309 g/mol. The van der Waals surface area contributed by atoms with Crippen LogP contribution in [-0.4, -0.2) is 29.5 Å². The van der Waals surface area contributed by atoms with Gasteiger partial charge in [0.25, 0.3) is 5.91 Å². The summed E-state index contributed by atoms with van der Waals surface area (Å²) >= 11 is 0. The Labute approximate surface area is 135 Å². The molecule has 0 unspecified atom stereocenters. The lowest BCUT2D eigenvalue weighted by Crippen LogP contribution is -2.54. The fraction of sp³-hybridized carbons (Fsp3) is 0.222. The Hall–Kier alpha value is -2.66. The van der Waals surface area contributed by atoms with E-state index >= 15 is 0 Å². The van der Waals surface area contributed by atoms with Crippen LogP contribution in [0, 0.1) is 0 Å². The van der Waals surface area contributed by atoms with Gasteiger partial charge in [0.2, 0.25) is 0 Å². The summed E-state index contributed by atoms with van der Waals surface area (Å²) in [4.78, 5) is 16.6. The summed E-state index contributed by atoms with van der Waals surface area (Å²) in [6, 6.07) is 19.2. The molecule has 1 heterocycles. The zero-order valence-corrected chi connectivity index (χ0v) is 13.0. The molecule has 0 fully saturated rings. The standard InChI is InChI=1S/C18H19N3O2/c1-14-18(22)21(13-23-12-15-8-4-2-5-9-15)20-17(19-14)16-10-6-3-7-11-16/h2-11,14H,12-13H2,1H3,(H,19,20)/t14-/m0/s1. The Balaban J connectivity index is 1.63. The minimum atomic E-state index is -0.424. The van der Waals surface area contributed by atoms with Crippen LogP contribution in [0.2, 0.25) is 0 Å². The van der Waals surface area contributed by atoms with E-state index in [1.54, 1.807) is 6.92 Å². The summed E-state index contributed by atoms with van der Waals surface area (Å²) < 4.78 is 5.65. The van der Waals surface area contributed by atoms with Gasteiger partial charge in [-0.3, -0.25) is 15.2 Å². The van der Waals surface area contributed by atoms with Gasteiger partial charge in [-0.05, 0) is 12.5 Å². The van der Waals surface area contributed by atoms with Crippen molar-refractivity contribution in [3.63, 3.8) is 0 Å². The second-order valence-corrected chi connectivity index (χ2v) is 5.36. The van der Waals surface area contributed by atoms with Crippen LogP contribution in [0.3, 0.4) is 0 Å². The van der Waals surface area contributed by atoms with Gasteiger partial charge in [0.05, 0.1) is 6.61 Å². The molecule has 5 nitrogen and oxygen atoms in total. The molecular weight excluding hydrogens is 290 g/mol. The van der Waals surface area contributed by atoms with E-state index in [9.17, 15) is 4.79 Å². The van der Waals surface area contributed by atoms with Gasteiger partial charge >= 0.3 is 0 Å². The van der Waals surface area contributed by atoms with Crippen molar-refractivity contribution in [1.82, 2.24) is 10.4 Å². The van der Waals surface area contributed by atoms with Crippen molar-refractivity contribution in [3.05, 3.63) is 71.8 Å². The number of nitrogens with one attached hydrogen (secondary N) is 1. The Morgan fingerprint density at radius 2 is 1.74 bits per heavy atom. The van der Waals surface area contributed by atoms with Crippen LogP contribution < -0.4 is 5.43 Å². The molecule has 1 aliphatic heterocycles. The molecule has 0 aliphatic carbocycles. The average molecular weight is 309 g/mol. The molecule has 5 heteroatoms. The van der Waals surface area contributed by atoms with Gasteiger partial charge in [-0.25, -0.2) is 5.01 Å². The van der Waals surface area contributed by atoms with Crippen LogP contribution in [-0.2, 0) is 16.1 Å². The maximum atomic E-state index is 12.2. The van der Waals surface area contributed by atoms with E-state index in [-0.39, 0.29) is 12.6 Å². The maximum absolute atomic E-state index is 12.2. The highest BCUT2D eigenvalue weighted by atomic mass is 16.5. The number of carbonyl (C=O) groups is 1. The number of hydrazine groups is 1. The summed E-state index contributed by atoms with van der Waals surface area (Å²) in [6.07, 6.45) is 0. The predicted molar refractivity (Wildman–Crippen MR) is 88.5 cm³/mol. The molecule has 0 spiro atoms. The van der Waals surface area contributed by atoms with Crippen molar-refractivity contribution in [2.45, 2.75) is 19.6 Å². The van der Waals surface area contributed by atoms with E-state index in [4.69, 9.17) is 4.74 Å². The highest BCUT2D eigenvalue weighted by Crippen LogP contribution is 2.10. The third-order valence-electron chi connectivity index (χ3n) is 3.57. The number of nitrogens with zero attached hydrogens (tertiary/aromatic N) is 2. The molecule has 1 N–H and O–H groups in total. The number of hydrogen-bond acceptors (Lipinski definition) is 4. The Kier molecular flexibility index (Phi) is 4.68. The zero-order chi connectivity index (χ0) is 16.1. The molecule has 1 aliphatic rings. The van der Waals surface area contributed by atoms with Gasteiger partial charge in [0, 0.05) is 5.56 Å². The lowest BCUT2D eigenvalue weighted by molar-refractivity contribution is -0.142. The third-order valence-corrected chi connectivity index (χ3v) is 3.57. The van der Waals surface area contributed by atoms with Crippen LogP contribution in [0.25, 0.3) is 0 Å². The van der Waals surface area contributed by atoms with Crippen LogP contribution >= 0.6 is 0 Å². The molecule has 3 rings (SSSR count). The largest absolute Gasteiger partial charge is 0.355 e. The van der Waals surface area contributed by atoms with Gasteiger partial charge in [0.15, 0.2) is 0 Å². The molecule has 0 radical (unpaired) electrons. The topological polar surface area (TPSA) is 53.9 Å². The summed E-state index contributed by atoms with van der Waals surface area (Å²) in [7, 11) is 0.